The Labute approximate surface area is 154 Å². The monoisotopic (exact) mass is 367 g/mol. The molecule has 1 atom stereocenters. The van der Waals surface area contributed by atoms with Gasteiger partial charge in [0, 0.05) is 31.2 Å². The van der Waals surface area contributed by atoms with Crippen molar-refractivity contribution in [3.8, 4) is 17.1 Å². The molecule has 27 heavy (non-hydrogen) atoms. The summed E-state index contributed by atoms with van der Waals surface area (Å²) in [6.45, 7) is 1.96. The summed E-state index contributed by atoms with van der Waals surface area (Å²) >= 11 is 0. The van der Waals surface area contributed by atoms with Crippen LogP contribution in [0.25, 0.3) is 11.3 Å². The Bertz CT molecular complexity index is 1070. The van der Waals surface area contributed by atoms with Crippen LogP contribution in [0.2, 0.25) is 0 Å². The summed E-state index contributed by atoms with van der Waals surface area (Å²) in [6, 6.07) is 10.2. The quantitative estimate of drug-likeness (QED) is 0.652. The van der Waals surface area contributed by atoms with E-state index in [1.807, 2.05) is 25.1 Å². The van der Waals surface area contributed by atoms with Crippen molar-refractivity contribution < 1.29 is 18.8 Å². The Morgan fingerprint density at radius 3 is 2.96 bits per heavy atom. The van der Waals surface area contributed by atoms with Crippen LogP contribution in [0.3, 0.4) is 0 Å². The predicted octanol–water partition coefficient (Wildman–Crippen LogP) is 2.12. The van der Waals surface area contributed by atoms with Gasteiger partial charge in [0.1, 0.15) is 24.2 Å². The van der Waals surface area contributed by atoms with Crippen molar-refractivity contribution in [2.24, 2.45) is 7.05 Å². The van der Waals surface area contributed by atoms with Crippen molar-refractivity contribution in [3.63, 3.8) is 0 Å². The van der Waals surface area contributed by atoms with E-state index in [2.05, 4.69) is 10.3 Å². The molecule has 8 nitrogen and oxygen atoms in total. The minimum Gasteiger partial charge on any atom is -0.490 e. The lowest BCUT2D eigenvalue weighted by Crippen LogP contribution is -2.21. The van der Waals surface area contributed by atoms with Crippen LogP contribution in [0.5, 0.6) is 5.75 Å². The molecular formula is C19H17N3O5. The molecule has 0 saturated carbocycles. The molecule has 0 spiro atoms. The maximum Gasteiger partial charge on any atom is 0.359 e. The van der Waals surface area contributed by atoms with Gasteiger partial charge in [-0.1, -0.05) is 17.3 Å². The molecule has 0 N–H and O–H groups in total. The molecule has 1 aliphatic rings. The molecule has 0 radical (unpaired) electrons. The molecule has 8 heteroatoms. The largest absolute Gasteiger partial charge is 0.490 e. The minimum absolute atomic E-state index is 0.0470. The van der Waals surface area contributed by atoms with Gasteiger partial charge >= 0.3 is 5.97 Å². The van der Waals surface area contributed by atoms with Gasteiger partial charge in [0.2, 0.25) is 0 Å². The van der Waals surface area contributed by atoms with Gasteiger partial charge in [-0.2, -0.15) is 5.10 Å². The topological polar surface area (TPSA) is 96.5 Å². The highest BCUT2D eigenvalue weighted by Crippen LogP contribution is 2.33. The highest BCUT2D eigenvalue weighted by Gasteiger charge is 2.20. The number of rotatable bonds is 4. The van der Waals surface area contributed by atoms with Crippen LogP contribution in [-0.2, 0) is 24.8 Å². The van der Waals surface area contributed by atoms with Crippen LogP contribution in [0.15, 0.2) is 45.7 Å². The van der Waals surface area contributed by atoms with E-state index in [-0.39, 0.29) is 24.0 Å². The number of aromatic nitrogens is 3. The predicted molar refractivity (Wildman–Crippen MR) is 94.3 cm³/mol. The van der Waals surface area contributed by atoms with Gasteiger partial charge in [-0.05, 0) is 24.6 Å². The van der Waals surface area contributed by atoms with Crippen molar-refractivity contribution in [2.75, 3.05) is 0 Å². The number of carbonyl (C=O) groups excluding carboxylic acids is 1. The Balaban J connectivity index is 1.44. The molecule has 0 bridgehead atoms. The molecular weight excluding hydrogens is 350 g/mol. The van der Waals surface area contributed by atoms with E-state index in [1.54, 1.807) is 6.07 Å². The molecule has 138 valence electrons. The van der Waals surface area contributed by atoms with E-state index in [0.717, 1.165) is 22.4 Å². The number of hydrogen-bond donors (Lipinski definition) is 0. The Kier molecular flexibility index (Phi) is 4.23. The van der Waals surface area contributed by atoms with Gasteiger partial charge in [-0.3, -0.25) is 4.79 Å². The Hall–Kier alpha value is -3.42. The zero-order valence-electron chi connectivity index (χ0n) is 14.8. The number of esters is 1. The van der Waals surface area contributed by atoms with Gasteiger partial charge in [0.15, 0.2) is 11.5 Å². The van der Waals surface area contributed by atoms with E-state index in [4.69, 9.17) is 14.0 Å². The molecule has 1 unspecified atom stereocenters. The lowest BCUT2D eigenvalue weighted by Gasteiger charge is -2.03. The highest BCUT2D eigenvalue weighted by molar-refractivity contribution is 5.86. The Morgan fingerprint density at radius 1 is 1.30 bits per heavy atom. The summed E-state index contributed by atoms with van der Waals surface area (Å²) in [4.78, 5) is 23.4. The maximum atomic E-state index is 12.0. The first-order chi connectivity index (χ1) is 13.0. The van der Waals surface area contributed by atoms with Crippen molar-refractivity contribution in [1.29, 1.82) is 0 Å². The molecule has 3 aromatic rings. The fourth-order valence-electron chi connectivity index (χ4n) is 2.89. The maximum absolute atomic E-state index is 12.0. The van der Waals surface area contributed by atoms with Gasteiger partial charge in [-0.15, -0.1) is 0 Å². The average Bonchev–Trinajstić information content (AvgIpc) is 3.26. The second-order valence-corrected chi connectivity index (χ2v) is 6.39. The minimum atomic E-state index is -0.643. The summed E-state index contributed by atoms with van der Waals surface area (Å²) in [5.41, 5.74) is 2.22. The van der Waals surface area contributed by atoms with Crippen molar-refractivity contribution in [3.05, 3.63) is 63.7 Å². The number of hydrogen-bond acceptors (Lipinski definition) is 7. The summed E-state index contributed by atoms with van der Waals surface area (Å²) in [5, 5.41) is 7.78. The first-order valence-electron chi connectivity index (χ1n) is 8.46. The molecule has 0 aliphatic carbocycles. The van der Waals surface area contributed by atoms with Gasteiger partial charge in [0.05, 0.1) is 0 Å². The summed E-state index contributed by atoms with van der Waals surface area (Å²) < 4.78 is 17.4. The van der Waals surface area contributed by atoms with E-state index < -0.39 is 5.97 Å². The van der Waals surface area contributed by atoms with Gasteiger partial charge in [-0.25, -0.2) is 9.48 Å². The van der Waals surface area contributed by atoms with Crippen LogP contribution in [0.1, 0.15) is 28.7 Å². The second-order valence-electron chi connectivity index (χ2n) is 6.39. The third kappa shape index (κ3) is 3.46. The average molecular weight is 367 g/mol. The number of fused-ring (bicyclic) bond motifs is 1. The molecule has 1 aliphatic heterocycles. The van der Waals surface area contributed by atoms with Crippen LogP contribution in [0.4, 0.5) is 0 Å². The van der Waals surface area contributed by atoms with Gasteiger partial charge in [0.25, 0.3) is 5.56 Å². The Morgan fingerprint density at radius 2 is 2.15 bits per heavy atom. The normalized spacial score (nSPS) is 15.3. The third-order valence-corrected chi connectivity index (χ3v) is 4.27. The lowest BCUT2D eigenvalue weighted by atomic mass is 10.1. The zero-order valence-corrected chi connectivity index (χ0v) is 14.8. The van der Waals surface area contributed by atoms with Crippen LogP contribution >= 0.6 is 0 Å². The van der Waals surface area contributed by atoms with E-state index in [1.165, 1.54) is 24.7 Å². The second kappa shape index (κ2) is 6.71. The van der Waals surface area contributed by atoms with Crippen LogP contribution < -0.4 is 10.3 Å². The molecule has 0 amide bonds. The van der Waals surface area contributed by atoms with Crippen molar-refractivity contribution in [1.82, 2.24) is 14.9 Å². The van der Waals surface area contributed by atoms with Crippen molar-refractivity contribution >= 4 is 5.97 Å². The van der Waals surface area contributed by atoms with E-state index in [0.29, 0.717) is 11.5 Å². The van der Waals surface area contributed by atoms with Crippen LogP contribution in [-0.4, -0.2) is 27.0 Å². The molecule has 1 aromatic carbocycles. The molecule has 2 aromatic heterocycles. The van der Waals surface area contributed by atoms with Crippen molar-refractivity contribution in [2.45, 2.75) is 26.1 Å². The van der Waals surface area contributed by atoms with Gasteiger partial charge < -0.3 is 14.0 Å². The SMILES string of the molecule is CC1Cc2ccc(-c3cc(COC(=O)c4ccc(=O)n(C)n4)no3)cc2O1. The molecule has 0 saturated heterocycles. The summed E-state index contributed by atoms with van der Waals surface area (Å²) in [6.07, 6.45) is 1.07. The zero-order chi connectivity index (χ0) is 19.0. The summed E-state index contributed by atoms with van der Waals surface area (Å²) in [7, 11) is 1.46. The molecule has 4 rings (SSSR count). The number of ether oxygens (including phenoxy) is 2. The molecule has 0 fully saturated rings. The summed E-state index contributed by atoms with van der Waals surface area (Å²) in [5.74, 6) is 0.771. The number of aryl methyl sites for hydroxylation is 1. The number of carbonyl (C=O) groups is 1. The number of benzene rings is 1. The fourth-order valence-corrected chi connectivity index (χ4v) is 2.89. The fraction of sp³-hybridized carbons (Fsp3) is 0.263. The molecule has 3 heterocycles. The standard InChI is InChI=1S/C19H17N3O5/c1-11-7-12-3-4-13(8-16(12)26-11)17-9-14(21-27-17)10-25-19(24)15-5-6-18(23)22(2)20-15/h3-6,8-9,11H,7,10H2,1-2H3. The number of nitrogens with zero attached hydrogens (tertiary/aromatic N) is 3. The van der Waals surface area contributed by atoms with Crippen LogP contribution in [0, 0.1) is 0 Å². The first-order valence-corrected chi connectivity index (χ1v) is 8.46. The third-order valence-electron chi connectivity index (χ3n) is 4.27. The van der Waals surface area contributed by atoms with E-state index >= 15 is 0 Å². The smallest absolute Gasteiger partial charge is 0.359 e. The van der Waals surface area contributed by atoms with E-state index in [9.17, 15) is 9.59 Å². The lowest BCUT2D eigenvalue weighted by molar-refractivity contribution is 0.0454. The first kappa shape index (κ1) is 17.0. The highest BCUT2D eigenvalue weighted by atomic mass is 16.5.